The minimum Gasteiger partial charge on any atom is -0.381 e. The minimum atomic E-state index is -0.520. The molecule has 1 aromatic carbocycles. The average molecular weight is 501 g/mol. The van der Waals surface area contributed by atoms with Crippen LogP contribution in [0, 0.1) is 12.3 Å². The Morgan fingerprint density at radius 1 is 1.14 bits per heavy atom. The number of amides is 2. The number of pyridine rings is 1. The third-order valence-corrected chi connectivity index (χ3v) is 7.28. The number of aromatic nitrogens is 3. The quantitative estimate of drug-likeness (QED) is 0.552. The molecule has 9 nitrogen and oxygen atoms in total. The number of anilines is 1. The first-order valence-corrected chi connectivity index (χ1v) is 12.6. The van der Waals surface area contributed by atoms with Crippen LogP contribution in [0.1, 0.15) is 75.6 Å². The molecule has 3 aromatic rings. The summed E-state index contributed by atoms with van der Waals surface area (Å²) in [5, 5.41) is 8.19. The molecule has 5 rings (SSSR count). The summed E-state index contributed by atoms with van der Waals surface area (Å²) in [5.74, 6) is -0.425. The maximum absolute atomic E-state index is 12.8. The van der Waals surface area contributed by atoms with Crippen LogP contribution in [0.15, 0.2) is 42.7 Å². The Bertz CT molecular complexity index is 1370. The van der Waals surface area contributed by atoms with Crippen LogP contribution >= 0.6 is 0 Å². The first-order valence-electron chi connectivity index (χ1n) is 12.6. The number of hydrogen-bond donors (Lipinski definition) is 2. The van der Waals surface area contributed by atoms with Gasteiger partial charge in [-0.05, 0) is 61.9 Å². The van der Waals surface area contributed by atoms with E-state index in [1.165, 1.54) is 0 Å². The summed E-state index contributed by atoms with van der Waals surface area (Å²) >= 11 is 0. The van der Waals surface area contributed by atoms with E-state index in [-0.39, 0.29) is 23.1 Å². The lowest BCUT2D eigenvalue weighted by Gasteiger charge is -2.33. The van der Waals surface area contributed by atoms with Crippen molar-refractivity contribution in [3.63, 3.8) is 0 Å². The molecule has 3 heterocycles. The standard InChI is InChI=1S/C28H32N6O3/c1-17-25-23(14-28(2,3)15-24(25)35)34(32-17)20-6-7-21(26(29)36)22(13-20)31-19-8-11-33(12-9-19)27(37)18-5-4-10-30-16-18/h4-7,10,13,16,19,31H,8-9,11-12,14-15H2,1-3H3,(H2,29,36). The van der Waals surface area contributed by atoms with Crippen molar-refractivity contribution in [1.29, 1.82) is 0 Å². The number of rotatable bonds is 5. The van der Waals surface area contributed by atoms with Gasteiger partial charge in [0, 0.05) is 43.6 Å². The van der Waals surface area contributed by atoms with Crippen molar-refractivity contribution in [1.82, 2.24) is 19.7 Å². The zero-order valence-corrected chi connectivity index (χ0v) is 21.5. The maximum atomic E-state index is 12.8. The van der Waals surface area contributed by atoms with Crippen LogP contribution in [0.25, 0.3) is 5.69 Å². The number of carbonyl (C=O) groups excluding carboxylic acids is 3. The van der Waals surface area contributed by atoms with Crippen molar-refractivity contribution in [2.24, 2.45) is 11.1 Å². The van der Waals surface area contributed by atoms with Crippen molar-refractivity contribution in [3.8, 4) is 5.69 Å². The van der Waals surface area contributed by atoms with Gasteiger partial charge in [-0.1, -0.05) is 13.8 Å². The van der Waals surface area contributed by atoms with E-state index in [1.807, 2.05) is 28.6 Å². The summed E-state index contributed by atoms with van der Waals surface area (Å²) in [5.41, 5.74) is 10.3. The van der Waals surface area contributed by atoms with Crippen LogP contribution in [0.4, 0.5) is 5.69 Å². The fourth-order valence-corrected chi connectivity index (χ4v) is 5.47. The third kappa shape index (κ3) is 4.85. The molecule has 37 heavy (non-hydrogen) atoms. The lowest BCUT2D eigenvalue weighted by atomic mass is 9.75. The number of likely N-dealkylation sites (tertiary alicyclic amines) is 1. The highest BCUT2D eigenvalue weighted by atomic mass is 16.2. The van der Waals surface area contributed by atoms with E-state index in [4.69, 9.17) is 10.8 Å². The molecule has 192 valence electrons. The fourth-order valence-electron chi connectivity index (χ4n) is 5.47. The van der Waals surface area contributed by atoms with Crippen LogP contribution in [0.3, 0.4) is 0 Å². The van der Waals surface area contributed by atoms with Gasteiger partial charge in [-0.15, -0.1) is 0 Å². The molecule has 3 N–H and O–H groups in total. The number of nitrogens with two attached hydrogens (primary N) is 1. The molecule has 0 bridgehead atoms. The Labute approximate surface area is 216 Å². The number of Topliss-reactive ketones (excluding diaryl/α,β-unsaturated/α-hetero) is 1. The van der Waals surface area contributed by atoms with Gasteiger partial charge in [-0.3, -0.25) is 19.4 Å². The van der Waals surface area contributed by atoms with Gasteiger partial charge in [0.2, 0.25) is 0 Å². The topological polar surface area (TPSA) is 123 Å². The zero-order chi connectivity index (χ0) is 26.3. The molecule has 2 aromatic heterocycles. The van der Waals surface area contributed by atoms with E-state index in [9.17, 15) is 14.4 Å². The van der Waals surface area contributed by atoms with Crippen molar-refractivity contribution in [2.75, 3.05) is 18.4 Å². The molecular formula is C28H32N6O3. The summed E-state index contributed by atoms with van der Waals surface area (Å²) in [6, 6.07) is 9.01. The monoisotopic (exact) mass is 500 g/mol. The lowest BCUT2D eigenvalue weighted by molar-refractivity contribution is 0.0717. The summed E-state index contributed by atoms with van der Waals surface area (Å²) in [6.07, 6.45) is 5.93. The second-order valence-corrected chi connectivity index (χ2v) is 10.8. The Balaban J connectivity index is 1.38. The van der Waals surface area contributed by atoms with Gasteiger partial charge < -0.3 is 16.0 Å². The van der Waals surface area contributed by atoms with Gasteiger partial charge in [0.15, 0.2) is 5.78 Å². The summed E-state index contributed by atoms with van der Waals surface area (Å²) in [4.78, 5) is 43.7. The van der Waals surface area contributed by atoms with E-state index >= 15 is 0 Å². The number of nitrogens with one attached hydrogen (secondary N) is 1. The number of aryl methyl sites for hydroxylation is 1. The predicted molar refractivity (Wildman–Crippen MR) is 140 cm³/mol. The molecule has 9 heteroatoms. The van der Waals surface area contributed by atoms with E-state index < -0.39 is 5.91 Å². The number of piperidine rings is 1. The molecule has 1 fully saturated rings. The van der Waals surface area contributed by atoms with Crippen LogP contribution in [0.5, 0.6) is 0 Å². The van der Waals surface area contributed by atoms with Gasteiger partial charge in [-0.2, -0.15) is 5.10 Å². The number of hydrogen-bond acceptors (Lipinski definition) is 6. The third-order valence-electron chi connectivity index (χ3n) is 7.28. The second kappa shape index (κ2) is 9.46. The molecule has 0 atom stereocenters. The first kappa shape index (κ1) is 24.7. The smallest absolute Gasteiger partial charge is 0.255 e. The normalized spacial score (nSPS) is 17.4. The Morgan fingerprint density at radius 3 is 2.57 bits per heavy atom. The summed E-state index contributed by atoms with van der Waals surface area (Å²) in [7, 11) is 0. The molecule has 2 amide bonds. The molecule has 0 unspecified atom stereocenters. The largest absolute Gasteiger partial charge is 0.381 e. The Morgan fingerprint density at radius 2 is 1.89 bits per heavy atom. The average Bonchev–Trinajstić information content (AvgIpc) is 3.19. The molecule has 2 aliphatic rings. The molecule has 1 aliphatic carbocycles. The van der Waals surface area contributed by atoms with E-state index in [1.54, 1.807) is 30.6 Å². The van der Waals surface area contributed by atoms with E-state index in [2.05, 4.69) is 24.1 Å². The van der Waals surface area contributed by atoms with Crippen LogP contribution in [-0.2, 0) is 6.42 Å². The zero-order valence-electron chi connectivity index (χ0n) is 21.5. The van der Waals surface area contributed by atoms with Crippen LogP contribution in [-0.4, -0.2) is 56.4 Å². The molecule has 0 spiro atoms. The first-order chi connectivity index (χ1) is 17.6. The maximum Gasteiger partial charge on any atom is 0.255 e. The highest BCUT2D eigenvalue weighted by molar-refractivity contribution is 6.00. The molecule has 1 aliphatic heterocycles. The highest BCUT2D eigenvalue weighted by Gasteiger charge is 2.36. The number of primary amides is 1. The van der Waals surface area contributed by atoms with Gasteiger partial charge in [-0.25, -0.2) is 4.68 Å². The molecular weight excluding hydrogens is 468 g/mol. The van der Waals surface area contributed by atoms with Crippen molar-refractivity contribution in [3.05, 3.63) is 70.8 Å². The number of nitrogens with zero attached hydrogens (tertiary/aromatic N) is 4. The molecule has 1 saturated heterocycles. The SMILES string of the molecule is Cc1nn(-c2ccc(C(N)=O)c(NC3CCN(C(=O)c4cccnc4)CC3)c2)c2c1C(=O)CC(C)(C)C2. The number of benzene rings is 1. The Kier molecular flexibility index (Phi) is 6.31. The number of carbonyl (C=O) groups is 3. The van der Waals surface area contributed by atoms with Gasteiger partial charge in [0.25, 0.3) is 11.8 Å². The Hall–Kier alpha value is -4.01. The predicted octanol–water partition coefficient (Wildman–Crippen LogP) is 3.55. The highest BCUT2D eigenvalue weighted by Crippen LogP contribution is 2.37. The van der Waals surface area contributed by atoms with Gasteiger partial charge >= 0.3 is 0 Å². The molecule has 0 saturated carbocycles. The summed E-state index contributed by atoms with van der Waals surface area (Å²) in [6.45, 7) is 7.24. The second-order valence-electron chi connectivity index (χ2n) is 10.8. The number of ketones is 1. The fraction of sp³-hybridized carbons (Fsp3) is 0.393. The van der Waals surface area contributed by atoms with Crippen molar-refractivity contribution in [2.45, 2.75) is 52.5 Å². The number of fused-ring (bicyclic) bond motifs is 1. The molecule has 0 radical (unpaired) electrons. The van der Waals surface area contributed by atoms with Gasteiger partial charge in [0.1, 0.15) is 0 Å². The van der Waals surface area contributed by atoms with Crippen LogP contribution in [0.2, 0.25) is 0 Å². The lowest BCUT2D eigenvalue weighted by Crippen LogP contribution is -2.42. The van der Waals surface area contributed by atoms with E-state index in [0.717, 1.165) is 36.3 Å². The van der Waals surface area contributed by atoms with E-state index in [0.29, 0.717) is 41.9 Å². The van der Waals surface area contributed by atoms with Gasteiger partial charge in [0.05, 0.1) is 33.8 Å². The summed E-state index contributed by atoms with van der Waals surface area (Å²) < 4.78 is 1.83. The van der Waals surface area contributed by atoms with Crippen molar-refractivity contribution < 1.29 is 14.4 Å². The van der Waals surface area contributed by atoms with Crippen molar-refractivity contribution >= 4 is 23.3 Å². The van der Waals surface area contributed by atoms with Crippen LogP contribution < -0.4 is 11.1 Å². The minimum absolute atomic E-state index is 0.0253.